The molecule has 0 aromatic heterocycles. The molecular weight excluding hydrogens is 302 g/mol. The van der Waals surface area contributed by atoms with Crippen LogP contribution in [0.2, 0.25) is 0 Å². The summed E-state index contributed by atoms with van der Waals surface area (Å²) in [6.45, 7) is 5.67. The Hall–Kier alpha value is -2.82. The molecule has 0 heterocycles. The second-order valence-corrected chi connectivity index (χ2v) is 5.63. The molecule has 0 spiro atoms. The SMILES string of the molecule is COc1ccc(C(C)=NNC(=O)C(C)Nc2ccc(C)cc2)cc1. The van der Waals surface area contributed by atoms with E-state index < -0.39 is 0 Å². The number of anilines is 1. The Bertz CT molecular complexity index is 706. The number of carbonyl (C=O) groups excluding carboxylic acids is 1. The molecule has 5 nitrogen and oxygen atoms in total. The fourth-order valence-corrected chi connectivity index (χ4v) is 2.10. The average Bonchev–Trinajstić information content (AvgIpc) is 2.61. The van der Waals surface area contributed by atoms with Crippen molar-refractivity contribution in [1.82, 2.24) is 5.43 Å². The maximum absolute atomic E-state index is 12.1. The van der Waals surface area contributed by atoms with Crippen molar-refractivity contribution in [2.75, 3.05) is 12.4 Å². The van der Waals surface area contributed by atoms with Crippen molar-refractivity contribution in [3.05, 3.63) is 59.7 Å². The number of rotatable bonds is 6. The van der Waals surface area contributed by atoms with Crippen molar-refractivity contribution >= 4 is 17.3 Å². The van der Waals surface area contributed by atoms with Gasteiger partial charge in [-0.25, -0.2) is 5.43 Å². The second-order valence-electron chi connectivity index (χ2n) is 5.63. The van der Waals surface area contributed by atoms with E-state index in [2.05, 4.69) is 15.8 Å². The first kappa shape index (κ1) is 17.5. The van der Waals surface area contributed by atoms with E-state index in [0.717, 1.165) is 22.7 Å². The highest BCUT2D eigenvalue weighted by molar-refractivity contribution is 5.99. The number of benzene rings is 2. The van der Waals surface area contributed by atoms with Crippen LogP contribution in [0.4, 0.5) is 5.69 Å². The topological polar surface area (TPSA) is 62.7 Å². The Morgan fingerprint density at radius 3 is 2.29 bits per heavy atom. The molecule has 0 radical (unpaired) electrons. The minimum Gasteiger partial charge on any atom is -0.497 e. The van der Waals surface area contributed by atoms with Crippen molar-refractivity contribution < 1.29 is 9.53 Å². The molecule has 126 valence electrons. The van der Waals surface area contributed by atoms with Crippen LogP contribution in [0.3, 0.4) is 0 Å². The van der Waals surface area contributed by atoms with Gasteiger partial charge in [0.15, 0.2) is 0 Å². The van der Waals surface area contributed by atoms with E-state index >= 15 is 0 Å². The van der Waals surface area contributed by atoms with Crippen LogP contribution in [0, 0.1) is 6.92 Å². The Labute approximate surface area is 142 Å². The highest BCUT2D eigenvalue weighted by atomic mass is 16.5. The van der Waals surface area contributed by atoms with E-state index in [4.69, 9.17) is 4.74 Å². The van der Waals surface area contributed by atoms with E-state index in [1.807, 2.05) is 62.4 Å². The van der Waals surface area contributed by atoms with Crippen LogP contribution in [0.1, 0.15) is 25.0 Å². The van der Waals surface area contributed by atoms with E-state index in [1.54, 1.807) is 14.0 Å². The third-order valence-electron chi connectivity index (χ3n) is 3.67. The molecule has 2 rings (SSSR count). The summed E-state index contributed by atoms with van der Waals surface area (Å²) in [7, 11) is 1.62. The zero-order valence-electron chi connectivity index (χ0n) is 14.5. The van der Waals surface area contributed by atoms with Crippen LogP contribution >= 0.6 is 0 Å². The van der Waals surface area contributed by atoms with Gasteiger partial charge < -0.3 is 10.1 Å². The standard InChI is InChI=1S/C19H23N3O2/c1-13-5-9-17(10-6-13)20-15(3)19(23)22-21-14(2)16-7-11-18(24-4)12-8-16/h5-12,15,20H,1-4H3,(H,22,23). The van der Waals surface area contributed by atoms with Gasteiger partial charge in [0.2, 0.25) is 0 Å². The van der Waals surface area contributed by atoms with Gasteiger partial charge in [-0.3, -0.25) is 4.79 Å². The summed E-state index contributed by atoms with van der Waals surface area (Å²) in [6, 6.07) is 15.0. The number of methoxy groups -OCH3 is 1. The lowest BCUT2D eigenvalue weighted by Gasteiger charge is -2.14. The summed E-state index contributed by atoms with van der Waals surface area (Å²) in [6.07, 6.45) is 0. The van der Waals surface area contributed by atoms with Crippen molar-refractivity contribution in [1.29, 1.82) is 0 Å². The first-order valence-electron chi connectivity index (χ1n) is 7.81. The highest BCUT2D eigenvalue weighted by Crippen LogP contribution is 2.12. The molecular formula is C19H23N3O2. The number of hydrogen-bond donors (Lipinski definition) is 2. The Morgan fingerprint density at radius 2 is 1.71 bits per heavy atom. The zero-order chi connectivity index (χ0) is 17.5. The van der Waals surface area contributed by atoms with Crippen LogP contribution < -0.4 is 15.5 Å². The first-order valence-corrected chi connectivity index (χ1v) is 7.81. The van der Waals surface area contributed by atoms with Gasteiger partial charge >= 0.3 is 0 Å². The minimum atomic E-state index is -0.389. The normalized spacial score (nSPS) is 12.4. The van der Waals surface area contributed by atoms with Crippen LogP contribution in [-0.2, 0) is 4.79 Å². The lowest BCUT2D eigenvalue weighted by atomic mass is 10.1. The number of ether oxygens (including phenoxy) is 1. The molecule has 2 aromatic carbocycles. The third-order valence-corrected chi connectivity index (χ3v) is 3.67. The third kappa shape index (κ3) is 4.84. The second kappa shape index (κ2) is 8.15. The molecule has 1 unspecified atom stereocenters. The van der Waals surface area contributed by atoms with Crippen LogP contribution in [0.25, 0.3) is 0 Å². The molecule has 0 saturated carbocycles. The summed E-state index contributed by atoms with van der Waals surface area (Å²) < 4.78 is 5.12. The number of carbonyl (C=O) groups is 1. The number of aryl methyl sites for hydroxylation is 1. The molecule has 2 aromatic rings. The monoisotopic (exact) mass is 325 g/mol. The van der Waals surface area contributed by atoms with E-state index in [0.29, 0.717) is 0 Å². The Kier molecular flexibility index (Phi) is 5.95. The van der Waals surface area contributed by atoms with Gasteiger partial charge in [0.1, 0.15) is 11.8 Å². The van der Waals surface area contributed by atoms with Crippen LogP contribution in [0.15, 0.2) is 53.6 Å². The first-order chi connectivity index (χ1) is 11.5. The maximum atomic E-state index is 12.1. The van der Waals surface area contributed by atoms with Crippen molar-refractivity contribution in [3.63, 3.8) is 0 Å². The van der Waals surface area contributed by atoms with Crippen molar-refractivity contribution in [3.8, 4) is 5.75 Å². The summed E-state index contributed by atoms with van der Waals surface area (Å²) in [5.41, 5.74) is 6.33. The quantitative estimate of drug-likeness (QED) is 0.632. The van der Waals surface area contributed by atoms with Gasteiger partial charge in [0, 0.05) is 5.69 Å². The number of hydrogen-bond acceptors (Lipinski definition) is 4. The maximum Gasteiger partial charge on any atom is 0.262 e. The predicted molar refractivity (Wildman–Crippen MR) is 97.6 cm³/mol. The lowest BCUT2D eigenvalue weighted by Crippen LogP contribution is -2.35. The van der Waals surface area contributed by atoms with Gasteiger partial charge in [0.05, 0.1) is 12.8 Å². The van der Waals surface area contributed by atoms with Crippen molar-refractivity contribution in [2.24, 2.45) is 5.10 Å². The Morgan fingerprint density at radius 1 is 1.08 bits per heavy atom. The molecule has 24 heavy (non-hydrogen) atoms. The number of nitrogens with one attached hydrogen (secondary N) is 2. The number of hydrazone groups is 1. The zero-order valence-corrected chi connectivity index (χ0v) is 14.5. The van der Waals surface area contributed by atoms with Gasteiger partial charge in [-0.2, -0.15) is 5.10 Å². The largest absolute Gasteiger partial charge is 0.497 e. The molecule has 5 heteroatoms. The van der Waals surface area contributed by atoms with Crippen LogP contribution in [-0.4, -0.2) is 24.8 Å². The fraction of sp³-hybridized carbons (Fsp3) is 0.263. The summed E-state index contributed by atoms with van der Waals surface area (Å²) in [4.78, 5) is 12.1. The molecule has 0 aliphatic rings. The number of amides is 1. The van der Waals surface area contributed by atoms with Gasteiger partial charge in [-0.05, 0) is 62.7 Å². The lowest BCUT2D eigenvalue weighted by molar-refractivity contribution is -0.121. The minimum absolute atomic E-state index is 0.191. The average molecular weight is 325 g/mol. The molecule has 0 aliphatic heterocycles. The highest BCUT2D eigenvalue weighted by Gasteiger charge is 2.12. The van der Waals surface area contributed by atoms with E-state index in [-0.39, 0.29) is 11.9 Å². The summed E-state index contributed by atoms with van der Waals surface area (Å²) in [5.74, 6) is 0.593. The molecule has 1 atom stereocenters. The van der Waals surface area contributed by atoms with Gasteiger partial charge in [0.25, 0.3) is 5.91 Å². The smallest absolute Gasteiger partial charge is 0.262 e. The number of nitrogens with zero attached hydrogens (tertiary/aromatic N) is 1. The molecule has 0 aliphatic carbocycles. The summed E-state index contributed by atoms with van der Waals surface area (Å²) in [5, 5.41) is 7.31. The summed E-state index contributed by atoms with van der Waals surface area (Å²) >= 11 is 0. The molecule has 0 fully saturated rings. The molecule has 1 amide bonds. The van der Waals surface area contributed by atoms with Crippen molar-refractivity contribution in [2.45, 2.75) is 26.8 Å². The van der Waals surface area contributed by atoms with E-state index in [9.17, 15) is 4.79 Å². The van der Waals surface area contributed by atoms with Gasteiger partial charge in [-0.1, -0.05) is 17.7 Å². The fourth-order valence-electron chi connectivity index (χ4n) is 2.10. The molecule has 0 saturated heterocycles. The van der Waals surface area contributed by atoms with Gasteiger partial charge in [-0.15, -0.1) is 0 Å². The Balaban J connectivity index is 1.93. The van der Waals surface area contributed by atoms with Crippen LogP contribution in [0.5, 0.6) is 5.75 Å². The molecule has 2 N–H and O–H groups in total. The van der Waals surface area contributed by atoms with E-state index in [1.165, 1.54) is 5.56 Å². The molecule has 0 bridgehead atoms. The predicted octanol–water partition coefficient (Wildman–Crippen LogP) is 3.34.